The van der Waals surface area contributed by atoms with Crippen molar-refractivity contribution in [3.63, 3.8) is 0 Å². The minimum Gasteiger partial charge on any atom is -0.309 e. The summed E-state index contributed by atoms with van der Waals surface area (Å²) in [5.41, 5.74) is 14.5. The van der Waals surface area contributed by atoms with Crippen molar-refractivity contribution in [2.45, 2.75) is 0 Å². The third kappa shape index (κ3) is 6.75. The van der Waals surface area contributed by atoms with Gasteiger partial charge in [-0.25, -0.2) is 15.0 Å². The number of hydrogen-bond donors (Lipinski definition) is 0. The third-order valence-corrected chi connectivity index (χ3v) is 15.0. The van der Waals surface area contributed by atoms with Crippen LogP contribution in [0.25, 0.3) is 144 Å². The maximum absolute atomic E-state index is 4.98. The van der Waals surface area contributed by atoms with Crippen LogP contribution in [-0.4, -0.2) is 24.1 Å². The first-order valence-electron chi connectivity index (χ1n) is 25.2. The van der Waals surface area contributed by atoms with Gasteiger partial charge >= 0.3 is 0 Å². The number of fused-ring (bicyclic) bond motifs is 12. The molecule has 74 heavy (non-hydrogen) atoms. The summed E-state index contributed by atoms with van der Waals surface area (Å²) >= 11 is 0. The van der Waals surface area contributed by atoms with Gasteiger partial charge in [0, 0.05) is 49.6 Å². The lowest BCUT2D eigenvalue weighted by molar-refractivity contribution is 1.07. The van der Waals surface area contributed by atoms with Crippen LogP contribution in [0.3, 0.4) is 0 Å². The Balaban J connectivity index is 0.765. The van der Waals surface area contributed by atoms with Crippen LogP contribution in [0.2, 0.25) is 0 Å². The summed E-state index contributed by atoms with van der Waals surface area (Å²) in [6, 6.07) is 93.7. The molecule has 0 unspecified atom stereocenters. The molecule has 0 bridgehead atoms. The number of aromatic nitrogens is 5. The average molecular weight is 942 g/mol. The van der Waals surface area contributed by atoms with E-state index < -0.39 is 0 Å². The SMILES string of the molecule is c1ccc(-c2nc(-c3ccccc3)nc(-c3ccc(-n4c5ccccc5c5cc(-c6ccc(-c7ccc8c(c7)c7ccccc7n8-c7ccc8c9ccccc9c9ccccc9c8c7)cc6)ccc54)cc3)n2)cc1. The number of nitrogens with zero attached hydrogens (tertiary/aromatic N) is 5. The topological polar surface area (TPSA) is 48.5 Å². The Morgan fingerprint density at radius 2 is 0.514 bits per heavy atom. The molecule has 0 aliphatic carbocycles. The molecule has 344 valence electrons. The third-order valence-electron chi connectivity index (χ3n) is 15.0. The van der Waals surface area contributed by atoms with Crippen LogP contribution in [0.1, 0.15) is 0 Å². The van der Waals surface area contributed by atoms with Gasteiger partial charge in [-0.15, -0.1) is 0 Å². The molecular weight excluding hydrogens is 899 g/mol. The number of rotatable bonds is 7. The minimum atomic E-state index is 0.635. The second-order valence-corrected chi connectivity index (χ2v) is 19.2. The highest BCUT2D eigenvalue weighted by molar-refractivity contribution is 6.25. The molecule has 0 saturated heterocycles. The van der Waals surface area contributed by atoms with Gasteiger partial charge in [0.2, 0.25) is 0 Å². The second-order valence-electron chi connectivity index (χ2n) is 19.2. The zero-order valence-electron chi connectivity index (χ0n) is 40.1. The Morgan fingerprint density at radius 1 is 0.189 bits per heavy atom. The molecule has 0 atom stereocenters. The van der Waals surface area contributed by atoms with Gasteiger partial charge in [0.05, 0.1) is 22.1 Å². The highest BCUT2D eigenvalue weighted by Gasteiger charge is 2.18. The zero-order valence-corrected chi connectivity index (χ0v) is 40.1. The molecule has 0 radical (unpaired) electrons. The van der Waals surface area contributed by atoms with E-state index in [0.717, 1.165) is 39.1 Å². The second kappa shape index (κ2) is 16.8. The number of para-hydroxylation sites is 2. The molecule has 12 aromatic carbocycles. The lowest BCUT2D eigenvalue weighted by atomic mass is 9.94. The summed E-state index contributed by atoms with van der Waals surface area (Å²) in [7, 11) is 0. The van der Waals surface area contributed by atoms with Crippen molar-refractivity contribution in [1.82, 2.24) is 24.1 Å². The van der Waals surface area contributed by atoms with Crippen LogP contribution >= 0.6 is 0 Å². The molecule has 15 aromatic rings. The van der Waals surface area contributed by atoms with Crippen molar-refractivity contribution in [2.75, 3.05) is 0 Å². The fourth-order valence-corrected chi connectivity index (χ4v) is 11.4. The van der Waals surface area contributed by atoms with Crippen LogP contribution in [0, 0.1) is 0 Å². The lowest BCUT2D eigenvalue weighted by Crippen LogP contribution is -2.00. The van der Waals surface area contributed by atoms with Gasteiger partial charge in [0.1, 0.15) is 0 Å². The molecule has 0 aliphatic heterocycles. The van der Waals surface area contributed by atoms with Gasteiger partial charge in [-0.1, -0.05) is 188 Å². The zero-order chi connectivity index (χ0) is 48.7. The summed E-state index contributed by atoms with van der Waals surface area (Å²) in [6.07, 6.45) is 0. The van der Waals surface area contributed by atoms with Gasteiger partial charge < -0.3 is 9.13 Å². The van der Waals surface area contributed by atoms with Crippen LogP contribution in [0.5, 0.6) is 0 Å². The van der Waals surface area contributed by atoms with Crippen LogP contribution in [0.4, 0.5) is 0 Å². The van der Waals surface area contributed by atoms with Crippen LogP contribution in [-0.2, 0) is 0 Å². The highest BCUT2D eigenvalue weighted by Crippen LogP contribution is 2.41. The van der Waals surface area contributed by atoms with E-state index in [4.69, 9.17) is 15.0 Å². The molecule has 3 heterocycles. The molecule has 0 spiro atoms. The lowest BCUT2D eigenvalue weighted by Gasteiger charge is -2.14. The Labute approximate surface area is 426 Å². The molecule has 3 aromatic heterocycles. The van der Waals surface area contributed by atoms with E-state index in [-0.39, 0.29) is 0 Å². The van der Waals surface area contributed by atoms with Gasteiger partial charge in [-0.3, -0.25) is 0 Å². The average Bonchev–Trinajstić information content (AvgIpc) is 4.02. The minimum absolute atomic E-state index is 0.635. The molecule has 5 nitrogen and oxygen atoms in total. The first-order valence-corrected chi connectivity index (χ1v) is 25.2. The summed E-state index contributed by atoms with van der Waals surface area (Å²) in [5.74, 6) is 1.93. The summed E-state index contributed by atoms with van der Waals surface area (Å²) in [5, 5.41) is 12.6. The summed E-state index contributed by atoms with van der Waals surface area (Å²) < 4.78 is 4.79. The van der Waals surface area contributed by atoms with Gasteiger partial charge in [0.25, 0.3) is 0 Å². The molecule has 0 fully saturated rings. The van der Waals surface area contributed by atoms with E-state index in [2.05, 4.69) is 209 Å². The Bertz CT molecular complexity index is 4590. The number of hydrogen-bond acceptors (Lipinski definition) is 3. The Hall–Kier alpha value is -9.97. The molecule has 0 N–H and O–H groups in total. The fourth-order valence-electron chi connectivity index (χ4n) is 11.4. The van der Waals surface area contributed by atoms with Crippen molar-refractivity contribution in [3.05, 3.63) is 261 Å². The van der Waals surface area contributed by atoms with E-state index in [1.807, 2.05) is 60.7 Å². The predicted octanol–water partition coefficient (Wildman–Crippen LogP) is 17.9. The molecular formula is C69H43N5. The van der Waals surface area contributed by atoms with E-state index in [1.54, 1.807) is 0 Å². The van der Waals surface area contributed by atoms with Crippen molar-refractivity contribution in [3.8, 4) is 67.8 Å². The standard InChI is InChI=1S/C69H43N5/c1-3-15-46(16-4-1)67-70-68(47-17-5-2-6-18-47)72-69(71-67)48-31-35-51(36-32-48)73-63-25-13-11-23-58(63)61-41-49(33-39-65(61)73)44-27-29-45(30-28-44)50-34-40-66-62(42-50)59-24-12-14-26-64(59)74(66)52-37-38-57-55-21-8-7-19-53(55)54-20-9-10-22-56(54)60(57)43-52/h1-43H. The van der Waals surface area contributed by atoms with E-state index >= 15 is 0 Å². The quantitative estimate of drug-likeness (QED) is 0.150. The Morgan fingerprint density at radius 3 is 0.986 bits per heavy atom. The number of benzene rings is 12. The first-order chi connectivity index (χ1) is 36.7. The van der Waals surface area contributed by atoms with Crippen molar-refractivity contribution < 1.29 is 0 Å². The van der Waals surface area contributed by atoms with Crippen LogP contribution in [0.15, 0.2) is 261 Å². The maximum atomic E-state index is 4.98. The normalized spacial score (nSPS) is 11.8. The van der Waals surface area contributed by atoms with Gasteiger partial charge in [0.15, 0.2) is 17.5 Å². The van der Waals surface area contributed by atoms with Gasteiger partial charge in [-0.2, -0.15) is 0 Å². The van der Waals surface area contributed by atoms with E-state index in [0.29, 0.717) is 17.5 Å². The van der Waals surface area contributed by atoms with Crippen molar-refractivity contribution >= 4 is 75.9 Å². The smallest absolute Gasteiger partial charge is 0.164 e. The largest absolute Gasteiger partial charge is 0.309 e. The Kier molecular flexibility index (Phi) is 9.50. The highest BCUT2D eigenvalue weighted by atomic mass is 15.0. The summed E-state index contributed by atoms with van der Waals surface area (Å²) in [4.78, 5) is 14.8. The maximum Gasteiger partial charge on any atom is 0.164 e. The first kappa shape index (κ1) is 41.8. The van der Waals surface area contributed by atoms with Gasteiger partial charge in [-0.05, 0) is 127 Å². The van der Waals surface area contributed by atoms with Crippen LogP contribution < -0.4 is 0 Å². The molecule has 0 saturated carbocycles. The van der Waals surface area contributed by atoms with Crippen molar-refractivity contribution in [1.29, 1.82) is 0 Å². The fraction of sp³-hybridized carbons (Fsp3) is 0. The summed E-state index contributed by atoms with van der Waals surface area (Å²) in [6.45, 7) is 0. The predicted molar refractivity (Wildman–Crippen MR) is 308 cm³/mol. The molecule has 0 aliphatic rings. The monoisotopic (exact) mass is 941 g/mol. The van der Waals surface area contributed by atoms with E-state index in [9.17, 15) is 0 Å². The van der Waals surface area contributed by atoms with E-state index in [1.165, 1.54) is 87.1 Å². The molecule has 15 rings (SSSR count). The molecule has 0 amide bonds. The molecule has 5 heteroatoms. The van der Waals surface area contributed by atoms with Crippen molar-refractivity contribution in [2.24, 2.45) is 0 Å².